The molecule has 2 aliphatic heterocycles. The van der Waals surface area contributed by atoms with Crippen LogP contribution in [0.1, 0.15) is 58.9 Å². The summed E-state index contributed by atoms with van der Waals surface area (Å²) >= 11 is 0. The lowest BCUT2D eigenvalue weighted by atomic mass is 10.0. The lowest BCUT2D eigenvalue weighted by Gasteiger charge is -2.39. The smallest absolute Gasteiger partial charge is 0.252 e. The number of nitrogens with one attached hydrogen (secondary N) is 2. The van der Waals surface area contributed by atoms with Crippen molar-refractivity contribution in [3.63, 3.8) is 0 Å². The summed E-state index contributed by atoms with van der Waals surface area (Å²) in [7, 11) is 1.65. The number of amides is 5. The van der Waals surface area contributed by atoms with E-state index in [0.717, 1.165) is 5.56 Å². The Morgan fingerprint density at radius 1 is 1.05 bits per heavy atom. The van der Waals surface area contributed by atoms with E-state index in [0.29, 0.717) is 32.2 Å². The molecule has 0 spiro atoms. The summed E-state index contributed by atoms with van der Waals surface area (Å²) in [4.78, 5) is 70.4. The van der Waals surface area contributed by atoms with E-state index in [2.05, 4.69) is 10.6 Å². The fraction of sp³-hybridized carbons (Fsp3) is 0.607. The Balaban J connectivity index is 1.89. The van der Waals surface area contributed by atoms with Gasteiger partial charge in [-0.05, 0) is 44.7 Å². The number of hydrogen-bond acceptors (Lipinski definition) is 6. The molecular formula is C28H41N5O5. The fourth-order valence-corrected chi connectivity index (χ4v) is 5.15. The Labute approximate surface area is 225 Å². The first-order valence-electron chi connectivity index (χ1n) is 13.5. The van der Waals surface area contributed by atoms with E-state index in [9.17, 15) is 24.0 Å². The van der Waals surface area contributed by atoms with Crippen LogP contribution in [-0.2, 0) is 30.5 Å². The second kappa shape index (κ2) is 13.0. The summed E-state index contributed by atoms with van der Waals surface area (Å²) in [6, 6.07) is 6.64. The molecule has 2 heterocycles. The monoisotopic (exact) mass is 527 g/mol. The van der Waals surface area contributed by atoms with E-state index in [1.807, 2.05) is 44.2 Å². The first-order chi connectivity index (χ1) is 18.0. The molecule has 0 bridgehead atoms. The average molecular weight is 528 g/mol. The van der Waals surface area contributed by atoms with Crippen molar-refractivity contribution in [2.45, 2.75) is 84.1 Å². The first-order valence-corrected chi connectivity index (χ1v) is 13.5. The van der Waals surface area contributed by atoms with Crippen molar-refractivity contribution in [1.82, 2.24) is 25.3 Å². The molecule has 38 heavy (non-hydrogen) atoms. The summed E-state index contributed by atoms with van der Waals surface area (Å²) in [5.41, 5.74) is 0.815. The molecule has 0 saturated carbocycles. The third kappa shape index (κ3) is 6.98. The molecule has 2 N–H and O–H groups in total. The second-order valence-corrected chi connectivity index (χ2v) is 10.7. The Hall–Kier alpha value is -3.27. The third-order valence-corrected chi connectivity index (χ3v) is 7.38. The Morgan fingerprint density at radius 2 is 1.74 bits per heavy atom. The zero-order chi connectivity index (χ0) is 28.0. The molecule has 0 radical (unpaired) electrons. The lowest BCUT2D eigenvalue weighted by molar-refractivity contribution is -0.154. The van der Waals surface area contributed by atoms with Crippen LogP contribution in [0.2, 0.25) is 0 Å². The van der Waals surface area contributed by atoms with Gasteiger partial charge in [0.1, 0.15) is 12.1 Å². The van der Waals surface area contributed by atoms with Gasteiger partial charge in [-0.3, -0.25) is 28.9 Å². The van der Waals surface area contributed by atoms with E-state index in [4.69, 9.17) is 0 Å². The van der Waals surface area contributed by atoms with Gasteiger partial charge >= 0.3 is 0 Å². The highest BCUT2D eigenvalue weighted by Gasteiger charge is 2.47. The molecule has 2 saturated heterocycles. The number of rotatable bonds is 8. The number of nitrogens with zero attached hydrogens (tertiary/aromatic N) is 3. The number of imide groups is 1. The largest absolute Gasteiger partial charge is 0.341 e. The van der Waals surface area contributed by atoms with Gasteiger partial charge in [0.15, 0.2) is 0 Å². The van der Waals surface area contributed by atoms with Crippen molar-refractivity contribution in [3.05, 3.63) is 35.9 Å². The van der Waals surface area contributed by atoms with Gasteiger partial charge in [0.25, 0.3) is 5.91 Å². The highest BCUT2D eigenvalue weighted by atomic mass is 16.2. The third-order valence-electron chi connectivity index (χ3n) is 7.38. The van der Waals surface area contributed by atoms with E-state index in [1.54, 1.807) is 23.8 Å². The minimum atomic E-state index is -0.995. The van der Waals surface area contributed by atoms with Gasteiger partial charge < -0.3 is 20.4 Å². The predicted octanol–water partition coefficient (Wildman–Crippen LogP) is 1.29. The molecule has 208 valence electrons. The predicted molar refractivity (Wildman–Crippen MR) is 142 cm³/mol. The summed E-state index contributed by atoms with van der Waals surface area (Å²) in [6.07, 6.45) is 1.89. The molecular weight excluding hydrogens is 486 g/mol. The van der Waals surface area contributed by atoms with E-state index in [-0.39, 0.29) is 42.8 Å². The second-order valence-electron chi connectivity index (χ2n) is 10.7. The minimum absolute atomic E-state index is 0.0388. The van der Waals surface area contributed by atoms with Gasteiger partial charge in [-0.25, -0.2) is 0 Å². The van der Waals surface area contributed by atoms with Gasteiger partial charge in [0.2, 0.25) is 23.6 Å². The Bertz CT molecular complexity index is 1030. The molecule has 0 aromatic heterocycles. The van der Waals surface area contributed by atoms with Crippen molar-refractivity contribution in [2.75, 3.05) is 20.1 Å². The van der Waals surface area contributed by atoms with Crippen molar-refractivity contribution in [2.24, 2.45) is 5.92 Å². The van der Waals surface area contributed by atoms with Crippen molar-refractivity contribution in [1.29, 1.82) is 0 Å². The van der Waals surface area contributed by atoms with Crippen molar-refractivity contribution >= 4 is 29.5 Å². The van der Waals surface area contributed by atoms with Crippen LogP contribution in [0.4, 0.5) is 0 Å². The molecule has 2 aliphatic rings. The van der Waals surface area contributed by atoms with Gasteiger partial charge in [0.05, 0.1) is 12.6 Å². The maximum Gasteiger partial charge on any atom is 0.252 e. The maximum atomic E-state index is 14.0. The van der Waals surface area contributed by atoms with Crippen LogP contribution in [0.25, 0.3) is 0 Å². The van der Waals surface area contributed by atoms with Crippen LogP contribution in [0.5, 0.6) is 0 Å². The lowest BCUT2D eigenvalue weighted by Crippen LogP contribution is -2.62. The van der Waals surface area contributed by atoms with Crippen LogP contribution in [0, 0.1) is 5.92 Å². The number of carbonyl (C=O) groups is 5. The van der Waals surface area contributed by atoms with Crippen LogP contribution in [0.15, 0.2) is 30.3 Å². The van der Waals surface area contributed by atoms with E-state index in [1.165, 1.54) is 11.8 Å². The number of likely N-dealkylation sites (N-methyl/N-ethyl adjacent to an activating group) is 1. The first kappa shape index (κ1) is 29.3. The highest BCUT2D eigenvalue weighted by Crippen LogP contribution is 2.31. The number of fused-ring (bicyclic) bond motifs is 1. The maximum absolute atomic E-state index is 14.0. The number of carbonyl (C=O) groups excluding carboxylic acids is 5. The number of benzene rings is 1. The topological polar surface area (TPSA) is 119 Å². The molecule has 0 aliphatic carbocycles. The zero-order valence-electron chi connectivity index (χ0n) is 23.1. The van der Waals surface area contributed by atoms with E-state index >= 15 is 0 Å². The van der Waals surface area contributed by atoms with Gasteiger partial charge in [-0.15, -0.1) is 0 Å². The molecule has 4 atom stereocenters. The Kier molecular flexibility index (Phi) is 10.0. The molecule has 0 unspecified atom stereocenters. The molecule has 1 aromatic carbocycles. The summed E-state index contributed by atoms with van der Waals surface area (Å²) in [5, 5.41) is 5.68. The highest BCUT2D eigenvalue weighted by molar-refractivity contribution is 6.00. The van der Waals surface area contributed by atoms with Crippen LogP contribution in [-0.4, -0.2) is 88.5 Å². The van der Waals surface area contributed by atoms with E-state index < -0.39 is 29.9 Å². The SMILES string of the molecule is CN[C@@H](C)C(=O)N[C@H]1CN(C(=O)CC(C)C)CC[C@H]2CC[C@@H](C(=O)N(Cc3ccccc3)C(C)=O)N2C1=O. The average Bonchev–Trinajstić information content (AvgIpc) is 3.30. The molecule has 10 nitrogen and oxygen atoms in total. The quantitative estimate of drug-likeness (QED) is 0.526. The fourth-order valence-electron chi connectivity index (χ4n) is 5.15. The normalized spacial score (nSPS) is 22.4. The van der Waals surface area contributed by atoms with Crippen molar-refractivity contribution < 1.29 is 24.0 Å². The Morgan fingerprint density at radius 3 is 2.34 bits per heavy atom. The molecule has 3 rings (SSSR count). The van der Waals surface area contributed by atoms with Gasteiger partial charge in [-0.2, -0.15) is 0 Å². The zero-order valence-corrected chi connectivity index (χ0v) is 23.1. The van der Waals surface area contributed by atoms with Crippen LogP contribution in [0.3, 0.4) is 0 Å². The summed E-state index contributed by atoms with van der Waals surface area (Å²) < 4.78 is 0. The van der Waals surface area contributed by atoms with Crippen LogP contribution >= 0.6 is 0 Å². The number of hydrogen-bond donors (Lipinski definition) is 2. The minimum Gasteiger partial charge on any atom is -0.341 e. The van der Waals surface area contributed by atoms with Crippen molar-refractivity contribution in [3.8, 4) is 0 Å². The molecule has 2 fully saturated rings. The van der Waals surface area contributed by atoms with Gasteiger partial charge in [0, 0.05) is 32.5 Å². The van der Waals surface area contributed by atoms with Gasteiger partial charge in [-0.1, -0.05) is 44.2 Å². The molecule has 10 heteroatoms. The summed E-state index contributed by atoms with van der Waals surface area (Å²) in [6.45, 7) is 7.55. The standard InChI is InChI=1S/C28H41N5O5/c1-18(2)15-25(35)31-14-13-22-11-12-24(28(38)32(20(4)34)16-21-9-7-6-8-10-21)33(22)27(37)23(17-31)30-26(36)19(3)29-5/h6-10,18-19,22-24,29H,11-17H2,1-5H3,(H,30,36)/t19-,22+,23-,24-/m0/s1. The summed E-state index contributed by atoms with van der Waals surface area (Å²) in [5.74, 6) is -1.46. The molecule has 5 amide bonds. The van der Waals surface area contributed by atoms with Crippen LogP contribution < -0.4 is 10.6 Å². The molecule has 1 aromatic rings.